The van der Waals surface area contributed by atoms with Crippen molar-refractivity contribution >= 4 is 63.4 Å². The zero-order valence-electron chi connectivity index (χ0n) is 29.0. The van der Waals surface area contributed by atoms with E-state index >= 15 is 0 Å². The number of fused-ring (bicyclic) bond motifs is 1. The van der Waals surface area contributed by atoms with Gasteiger partial charge in [0.05, 0.1) is 4.90 Å². The van der Waals surface area contributed by atoms with E-state index in [4.69, 9.17) is 0 Å². The highest BCUT2D eigenvalue weighted by Gasteiger charge is 2.37. The van der Waals surface area contributed by atoms with Crippen LogP contribution < -0.4 is 20.8 Å². The number of halogens is 2. The lowest BCUT2D eigenvalue weighted by molar-refractivity contribution is -0.152. The van der Waals surface area contributed by atoms with Crippen LogP contribution in [-0.4, -0.2) is 68.5 Å². The molecule has 2 aliphatic heterocycles. The summed E-state index contributed by atoms with van der Waals surface area (Å²) in [6.45, 7) is 5.10. The van der Waals surface area contributed by atoms with Gasteiger partial charge >= 0.3 is 5.97 Å². The number of aliphatic carboxylic acids is 1. The van der Waals surface area contributed by atoms with Crippen LogP contribution in [0.2, 0.25) is 0 Å². The predicted octanol–water partition coefficient (Wildman–Crippen LogP) is 5.21. The lowest BCUT2D eigenvalue weighted by Gasteiger charge is -2.32. The van der Waals surface area contributed by atoms with Gasteiger partial charge in [-0.1, -0.05) is 66.7 Å². The summed E-state index contributed by atoms with van der Waals surface area (Å²) in [7, 11) is -4.44. The Morgan fingerprint density at radius 1 is 0.804 bits per heavy atom. The summed E-state index contributed by atoms with van der Waals surface area (Å²) in [4.78, 5) is 43.1. The van der Waals surface area contributed by atoms with E-state index in [9.17, 15) is 27.9 Å². The maximum Gasteiger partial charge on any atom is 0.327 e. The number of benzene rings is 3. The first-order valence-electron chi connectivity index (χ1n) is 17.5. The van der Waals surface area contributed by atoms with Crippen molar-refractivity contribution < 1.29 is 27.9 Å². The Hall–Kier alpha value is -3.26. The molecule has 2 heterocycles. The predicted molar refractivity (Wildman–Crippen MR) is 203 cm³/mol. The van der Waals surface area contributed by atoms with Crippen molar-refractivity contribution in [2.75, 3.05) is 26.2 Å². The number of carbonyl (C=O) groups excluding carboxylic acids is 2. The number of carbonyl (C=O) groups is 3. The van der Waals surface area contributed by atoms with Crippen LogP contribution in [0.4, 0.5) is 0 Å². The summed E-state index contributed by atoms with van der Waals surface area (Å²) in [5, 5.41) is 21.5. The summed E-state index contributed by atoms with van der Waals surface area (Å²) in [5.74, 6) is -1.89. The van der Waals surface area contributed by atoms with Gasteiger partial charge in [0.2, 0.25) is 5.91 Å². The van der Waals surface area contributed by atoms with Crippen molar-refractivity contribution in [2.45, 2.75) is 75.3 Å². The van der Waals surface area contributed by atoms with Crippen LogP contribution in [0.1, 0.15) is 69.9 Å². The molecule has 0 spiro atoms. The molecule has 0 aromatic heterocycles. The van der Waals surface area contributed by atoms with Crippen LogP contribution in [0.25, 0.3) is 10.8 Å². The molecule has 3 aromatic carbocycles. The smallest absolute Gasteiger partial charge is 0.327 e. The van der Waals surface area contributed by atoms with Gasteiger partial charge in [-0.15, -0.1) is 29.6 Å². The van der Waals surface area contributed by atoms with Crippen molar-refractivity contribution in [3.05, 3.63) is 78.4 Å². The topological polar surface area (TPSA) is 157 Å². The molecule has 5 rings (SSSR count). The molecular weight excluding hydrogens is 713 g/mol. The minimum atomic E-state index is -4.44. The fourth-order valence-electron chi connectivity index (χ4n) is 6.99. The molecule has 2 saturated heterocycles. The van der Waals surface area contributed by atoms with E-state index in [1.807, 2.05) is 0 Å². The summed E-state index contributed by atoms with van der Waals surface area (Å²) >= 11 is 0. The zero-order chi connectivity index (χ0) is 34.8. The van der Waals surface area contributed by atoms with Crippen LogP contribution in [0.5, 0.6) is 0 Å². The molecule has 2 unspecified atom stereocenters. The second kappa shape index (κ2) is 20.1. The minimum absolute atomic E-state index is 0. The number of amides is 2. The van der Waals surface area contributed by atoms with E-state index < -0.39 is 34.0 Å². The number of nitrogens with one attached hydrogen (secondary N) is 4. The maximum atomic E-state index is 14.4. The van der Waals surface area contributed by atoms with Gasteiger partial charge in [0.15, 0.2) is 0 Å². The Labute approximate surface area is 313 Å². The van der Waals surface area contributed by atoms with Crippen LogP contribution in [-0.2, 0) is 24.4 Å². The lowest BCUT2D eigenvalue weighted by atomic mass is 9.84. The quantitative estimate of drug-likeness (QED) is 0.132. The molecule has 3 aromatic rings. The summed E-state index contributed by atoms with van der Waals surface area (Å²) < 4.78 is 27.7. The Morgan fingerprint density at radius 2 is 1.33 bits per heavy atom. The lowest BCUT2D eigenvalue weighted by Crippen LogP contribution is -2.57. The SMILES string of the molecule is CC(C(=O)O)N(NS(=O)(=O)c1cccc2ccccc12)C(=O)C(NC(=O)C(CCC1CCNCC1)CCC1CCNCC1)c1ccccc1.Cl.Cl. The normalized spacial score (nSPS) is 16.7. The third-order valence-electron chi connectivity index (χ3n) is 10.0. The van der Waals surface area contributed by atoms with E-state index in [1.165, 1.54) is 13.0 Å². The third kappa shape index (κ3) is 11.4. The Morgan fingerprint density at radius 3 is 1.90 bits per heavy atom. The molecule has 14 heteroatoms. The molecule has 51 heavy (non-hydrogen) atoms. The van der Waals surface area contributed by atoms with Crippen molar-refractivity contribution in [3.63, 3.8) is 0 Å². The molecule has 2 atom stereocenters. The Bertz CT molecular complexity index is 1660. The standard InChI is InChI=1S/C37H49N5O6S.2ClH/c1-26(37(45)46)42(41-49(47,48)33-13-7-11-29-8-5-6-12-32(29)33)36(44)34(30-9-3-2-4-10-30)40-35(43)31(16-14-27-18-22-38-23-19-27)17-15-28-20-24-39-25-21-28;;/h2-13,26-28,31,34,38-39,41H,14-25H2,1H3,(H,40,43)(H,45,46);2*1H. The van der Waals surface area contributed by atoms with Gasteiger partial charge in [-0.05, 0) is 113 Å². The fraction of sp³-hybridized carbons (Fsp3) is 0.486. The number of hydrazine groups is 1. The molecule has 0 bridgehead atoms. The highest BCUT2D eigenvalue weighted by atomic mass is 35.5. The molecule has 0 aliphatic carbocycles. The second-order valence-corrected chi connectivity index (χ2v) is 15.0. The number of nitrogens with zero attached hydrogens (tertiary/aromatic N) is 1. The Balaban J connectivity index is 0.00000351. The van der Waals surface area contributed by atoms with E-state index in [0.29, 0.717) is 46.0 Å². The molecule has 0 saturated carbocycles. The minimum Gasteiger partial charge on any atom is -0.480 e. The highest BCUT2D eigenvalue weighted by Crippen LogP contribution is 2.29. The van der Waals surface area contributed by atoms with Crippen molar-refractivity contribution in [1.82, 2.24) is 25.8 Å². The molecule has 2 aliphatic rings. The van der Waals surface area contributed by atoms with Crippen molar-refractivity contribution in [1.29, 1.82) is 0 Å². The molecule has 5 N–H and O–H groups in total. The number of rotatable bonds is 15. The van der Waals surface area contributed by atoms with E-state index in [-0.39, 0.29) is 41.5 Å². The molecule has 0 radical (unpaired) electrons. The van der Waals surface area contributed by atoms with Crippen LogP contribution in [0, 0.1) is 17.8 Å². The number of piperidine rings is 2. The largest absolute Gasteiger partial charge is 0.480 e. The van der Waals surface area contributed by atoms with Crippen LogP contribution in [0.15, 0.2) is 77.7 Å². The van der Waals surface area contributed by atoms with Gasteiger partial charge in [0.25, 0.3) is 15.9 Å². The van der Waals surface area contributed by atoms with E-state index in [1.54, 1.807) is 66.7 Å². The van der Waals surface area contributed by atoms with E-state index in [2.05, 4.69) is 20.8 Å². The van der Waals surface area contributed by atoms with E-state index in [0.717, 1.165) is 64.7 Å². The van der Waals surface area contributed by atoms with Gasteiger partial charge < -0.3 is 21.1 Å². The van der Waals surface area contributed by atoms with Gasteiger partial charge in [-0.3, -0.25) is 9.59 Å². The molecule has 280 valence electrons. The number of sulfonamides is 1. The number of carboxylic acids is 1. The summed E-state index contributed by atoms with van der Waals surface area (Å²) in [5.41, 5.74) is 0.420. The first-order valence-corrected chi connectivity index (χ1v) is 18.9. The average molecular weight is 765 g/mol. The highest BCUT2D eigenvalue weighted by molar-refractivity contribution is 7.89. The number of hydrogen-bond acceptors (Lipinski definition) is 7. The van der Waals surface area contributed by atoms with Crippen LogP contribution in [0.3, 0.4) is 0 Å². The molecular formula is C37H51Cl2N5O6S. The first-order chi connectivity index (χ1) is 23.6. The molecule has 11 nitrogen and oxygen atoms in total. The monoisotopic (exact) mass is 763 g/mol. The van der Waals surface area contributed by atoms with Crippen LogP contribution >= 0.6 is 24.8 Å². The number of hydrogen-bond donors (Lipinski definition) is 5. The van der Waals surface area contributed by atoms with Gasteiger partial charge in [-0.2, -0.15) is 0 Å². The van der Waals surface area contributed by atoms with Crippen molar-refractivity contribution in [2.24, 2.45) is 17.8 Å². The Kier molecular flexibility index (Phi) is 16.6. The van der Waals surface area contributed by atoms with Crippen molar-refractivity contribution in [3.8, 4) is 0 Å². The third-order valence-corrected chi connectivity index (χ3v) is 11.4. The van der Waals surface area contributed by atoms with Gasteiger partial charge in [0.1, 0.15) is 12.1 Å². The zero-order valence-corrected chi connectivity index (χ0v) is 31.4. The second-order valence-electron chi connectivity index (χ2n) is 13.4. The van der Waals surface area contributed by atoms with Gasteiger partial charge in [0, 0.05) is 11.3 Å². The maximum absolute atomic E-state index is 14.4. The molecule has 2 fully saturated rings. The molecule has 2 amide bonds. The van der Waals surface area contributed by atoms with Gasteiger partial charge in [-0.25, -0.2) is 18.2 Å². The fourth-order valence-corrected chi connectivity index (χ4v) is 8.33. The average Bonchev–Trinajstić information content (AvgIpc) is 3.13. The first kappa shape index (κ1) is 42.2. The number of carboxylic acid groups (broad SMARTS) is 1. The summed E-state index contributed by atoms with van der Waals surface area (Å²) in [6, 6.07) is 17.3. The summed E-state index contributed by atoms with van der Waals surface area (Å²) in [6.07, 6.45) is 7.42.